The molecule has 1 saturated heterocycles. The number of carbonyl (C=O) groups is 2. The maximum atomic E-state index is 12.3. The Balaban J connectivity index is 1.96. The van der Waals surface area contributed by atoms with Gasteiger partial charge in [0.15, 0.2) is 0 Å². The van der Waals surface area contributed by atoms with Gasteiger partial charge in [-0.15, -0.1) is 12.6 Å². The highest BCUT2D eigenvalue weighted by Gasteiger charge is 2.47. The average molecular weight is 259 g/mol. The first-order valence-corrected chi connectivity index (χ1v) is 6.45. The van der Waals surface area contributed by atoms with E-state index in [2.05, 4.69) is 12.6 Å². The zero-order valence-electron chi connectivity index (χ0n) is 9.74. The van der Waals surface area contributed by atoms with Crippen molar-refractivity contribution in [2.75, 3.05) is 4.90 Å². The van der Waals surface area contributed by atoms with Crippen molar-refractivity contribution in [1.29, 1.82) is 0 Å². The summed E-state index contributed by atoms with van der Waals surface area (Å²) >= 11 is 4.20. The van der Waals surface area contributed by atoms with Crippen LogP contribution in [0.3, 0.4) is 0 Å². The molecule has 1 heterocycles. The summed E-state index contributed by atoms with van der Waals surface area (Å²) in [5, 5.41) is 0. The zero-order chi connectivity index (χ0) is 12.7. The van der Waals surface area contributed by atoms with Gasteiger partial charge in [-0.3, -0.25) is 14.5 Å². The molecule has 1 aromatic rings. The van der Waals surface area contributed by atoms with Crippen molar-refractivity contribution in [2.24, 2.45) is 11.8 Å². The van der Waals surface area contributed by atoms with Crippen LogP contribution in [0.2, 0.25) is 0 Å². The van der Waals surface area contributed by atoms with Gasteiger partial charge < -0.3 is 0 Å². The standard InChI is InChI=1S/C14H13NO2S/c16-13-11-3-1-2-4-12(11)14(17)15(13)9-5-7-10(18)8-6-9/h1-2,5-8,11-12,18H,3-4H2/t11-,12+. The fourth-order valence-electron chi connectivity index (χ4n) is 2.66. The van der Waals surface area contributed by atoms with Gasteiger partial charge in [0.25, 0.3) is 0 Å². The molecule has 0 radical (unpaired) electrons. The molecular weight excluding hydrogens is 246 g/mol. The van der Waals surface area contributed by atoms with Gasteiger partial charge in [0.1, 0.15) is 0 Å². The molecule has 1 aliphatic carbocycles. The van der Waals surface area contributed by atoms with Crippen molar-refractivity contribution in [1.82, 2.24) is 0 Å². The normalized spacial score (nSPS) is 26.6. The number of amides is 2. The molecule has 2 amide bonds. The summed E-state index contributed by atoms with van der Waals surface area (Å²) in [5.74, 6) is -0.473. The molecule has 2 atom stereocenters. The van der Waals surface area contributed by atoms with E-state index < -0.39 is 0 Å². The highest BCUT2D eigenvalue weighted by Crippen LogP contribution is 2.37. The fraction of sp³-hybridized carbons (Fsp3) is 0.286. The number of thiol groups is 1. The number of rotatable bonds is 1. The van der Waals surface area contributed by atoms with E-state index in [1.165, 1.54) is 4.90 Å². The van der Waals surface area contributed by atoms with Crippen LogP contribution in [0.5, 0.6) is 0 Å². The molecule has 0 spiro atoms. The maximum absolute atomic E-state index is 12.3. The molecule has 0 N–H and O–H groups in total. The first kappa shape index (κ1) is 11.5. The molecule has 4 heteroatoms. The zero-order valence-corrected chi connectivity index (χ0v) is 10.6. The van der Waals surface area contributed by atoms with Crippen molar-refractivity contribution in [3.05, 3.63) is 36.4 Å². The second-order valence-electron chi connectivity index (χ2n) is 4.68. The minimum Gasteiger partial charge on any atom is -0.274 e. The van der Waals surface area contributed by atoms with E-state index in [1.54, 1.807) is 24.3 Å². The predicted molar refractivity (Wildman–Crippen MR) is 71.5 cm³/mol. The number of benzene rings is 1. The van der Waals surface area contributed by atoms with E-state index in [-0.39, 0.29) is 23.7 Å². The topological polar surface area (TPSA) is 37.4 Å². The van der Waals surface area contributed by atoms with Crippen LogP contribution in [0.15, 0.2) is 41.3 Å². The van der Waals surface area contributed by atoms with Crippen molar-refractivity contribution < 1.29 is 9.59 Å². The average Bonchev–Trinajstić information content (AvgIpc) is 2.64. The van der Waals surface area contributed by atoms with Crippen molar-refractivity contribution in [3.8, 4) is 0 Å². The Hall–Kier alpha value is -1.55. The molecule has 92 valence electrons. The third-order valence-electron chi connectivity index (χ3n) is 3.62. The van der Waals surface area contributed by atoms with E-state index in [4.69, 9.17) is 0 Å². The quantitative estimate of drug-likeness (QED) is 0.478. The van der Waals surface area contributed by atoms with Crippen molar-refractivity contribution in [2.45, 2.75) is 17.7 Å². The first-order chi connectivity index (χ1) is 8.68. The summed E-state index contributed by atoms with van der Waals surface area (Å²) in [5.41, 5.74) is 0.650. The fourth-order valence-corrected chi connectivity index (χ4v) is 2.81. The molecule has 18 heavy (non-hydrogen) atoms. The monoisotopic (exact) mass is 259 g/mol. The first-order valence-electron chi connectivity index (χ1n) is 6.00. The summed E-state index contributed by atoms with van der Waals surface area (Å²) in [6, 6.07) is 7.12. The highest BCUT2D eigenvalue weighted by molar-refractivity contribution is 7.80. The third kappa shape index (κ3) is 1.68. The number of hydrogen-bond acceptors (Lipinski definition) is 3. The van der Waals surface area contributed by atoms with Crippen LogP contribution < -0.4 is 4.90 Å². The summed E-state index contributed by atoms with van der Waals surface area (Å²) in [4.78, 5) is 26.7. The number of allylic oxidation sites excluding steroid dienone is 2. The number of fused-ring (bicyclic) bond motifs is 1. The van der Waals surface area contributed by atoms with Gasteiger partial charge in [0.2, 0.25) is 11.8 Å². The van der Waals surface area contributed by atoms with Crippen LogP contribution in [0.4, 0.5) is 5.69 Å². The van der Waals surface area contributed by atoms with Crippen molar-refractivity contribution in [3.63, 3.8) is 0 Å². The molecule has 1 aliphatic heterocycles. The van der Waals surface area contributed by atoms with E-state index in [1.807, 2.05) is 12.2 Å². The second-order valence-corrected chi connectivity index (χ2v) is 5.20. The lowest BCUT2D eigenvalue weighted by molar-refractivity contribution is -0.122. The number of hydrogen-bond donors (Lipinski definition) is 1. The summed E-state index contributed by atoms with van der Waals surface area (Å²) in [6.45, 7) is 0. The SMILES string of the molecule is O=C1[C@H]2CC=CC[C@H]2C(=O)N1c1ccc(S)cc1. The Kier molecular flexibility index (Phi) is 2.74. The largest absolute Gasteiger partial charge is 0.274 e. The molecule has 0 unspecified atom stereocenters. The molecule has 3 nitrogen and oxygen atoms in total. The number of imide groups is 1. The van der Waals surface area contributed by atoms with Gasteiger partial charge >= 0.3 is 0 Å². The molecule has 3 rings (SSSR count). The van der Waals surface area contributed by atoms with Gasteiger partial charge in [-0.25, -0.2) is 0 Å². The summed E-state index contributed by atoms with van der Waals surface area (Å²) in [6.07, 6.45) is 5.34. The van der Waals surface area contributed by atoms with E-state index in [0.29, 0.717) is 18.5 Å². The molecular formula is C14H13NO2S. The highest BCUT2D eigenvalue weighted by atomic mass is 32.1. The van der Waals surface area contributed by atoms with E-state index in [0.717, 1.165) is 4.90 Å². The van der Waals surface area contributed by atoms with E-state index in [9.17, 15) is 9.59 Å². The Morgan fingerprint density at radius 3 is 1.94 bits per heavy atom. The Labute approximate surface area is 111 Å². The van der Waals surface area contributed by atoms with Crippen LogP contribution in [0.25, 0.3) is 0 Å². The predicted octanol–water partition coefficient (Wildman–Crippen LogP) is 2.43. The van der Waals surface area contributed by atoms with Crippen molar-refractivity contribution >= 4 is 30.1 Å². The molecule has 0 saturated carbocycles. The lowest BCUT2D eigenvalue weighted by Crippen LogP contribution is -2.30. The lowest BCUT2D eigenvalue weighted by atomic mass is 9.85. The van der Waals surface area contributed by atoms with Crippen LogP contribution in [-0.4, -0.2) is 11.8 Å². The third-order valence-corrected chi connectivity index (χ3v) is 3.91. The van der Waals surface area contributed by atoms with Crippen LogP contribution in [0, 0.1) is 11.8 Å². The Morgan fingerprint density at radius 1 is 0.944 bits per heavy atom. The number of nitrogens with zero attached hydrogens (tertiary/aromatic N) is 1. The second kappa shape index (κ2) is 4.28. The maximum Gasteiger partial charge on any atom is 0.238 e. The Morgan fingerprint density at radius 2 is 1.44 bits per heavy atom. The van der Waals surface area contributed by atoms with Crippen LogP contribution in [0.1, 0.15) is 12.8 Å². The summed E-state index contributed by atoms with van der Waals surface area (Å²) in [7, 11) is 0. The van der Waals surface area contributed by atoms with Gasteiger partial charge in [-0.2, -0.15) is 0 Å². The van der Waals surface area contributed by atoms with Crippen LogP contribution >= 0.6 is 12.6 Å². The molecule has 2 aliphatic rings. The van der Waals surface area contributed by atoms with Gasteiger partial charge in [0, 0.05) is 4.90 Å². The minimum absolute atomic E-state index is 0.0683. The van der Waals surface area contributed by atoms with Gasteiger partial charge in [-0.1, -0.05) is 12.2 Å². The van der Waals surface area contributed by atoms with Crippen LogP contribution in [-0.2, 0) is 9.59 Å². The molecule has 0 bridgehead atoms. The lowest BCUT2D eigenvalue weighted by Gasteiger charge is -2.14. The molecule has 1 aromatic carbocycles. The minimum atomic E-state index is -0.168. The number of carbonyl (C=O) groups excluding carboxylic acids is 2. The molecule has 0 aromatic heterocycles. The van der Waals surface area contributed by atoms with Gasteiger partial charge in [-0.05, 0) is 37.1 Å². The number of anilines is 1. The van der Waals surface area contributed by atoms with Gasteiger partial charge in [0.05, 0.1) is 17.5 Å². The molecule has 1 fully saturated rings. The smallest absolute Gasteiger partial charge is 0.238 e. The van der Waals surface area contributed by atoms with E-state index >= 15 is 0 Å². The Bertz CT molecular complexity index is 509. The summed E-state index contributed by atoms with van der Waals surface area (Å²) < 4.78 is 0.